The van der Waals surface area contributed by atoms with E-state index in [1.165, 1.54) is 11.5 Å². The second-order valence-electron chi connectivity index (χ2n) is 6.77. The van der Waals surface area contributed by atoms with Crippen LogP contribution in [0.25, 0.3) is 0 Å². The predicted octanol–water partition coefficient (Wildman–Crippen LogP) is 0.933. The highest BCUT2D eigenvalue weighted by molar-refractivity contribution is 7.08. The van der Waals surface area contributed by atoms with E-state index in [2.05, 4.69) is 23.1 Å². The first-order valence-electron chi connectivity index (χ1n) is 8.25. The Morgan fingerprint density at radius 2 is 2.00 bits per heavy atom. The van der Waals surface area contributed by atoms with Gasteiger partial charge in [0.05, 0.1) is 12.2 Å². The summed E-state index contributed by atoms with van der Waals surface area (Å²) in [6.45, 7) is 8.42. The first kappa shape index (κ1) is 16.8. The van der Waals surface area contributed by atoms with E-state index in [-0.39, 0.29) is 30.6 Å². The summed E-state index contributed by atoms with van der Waals surface area (Å²) in [7, 11) is 0. The normalized spacial score (nSPS) is 32.4. The third-order valence-electron chi connectivity index (χ3n) is 4.73. The fourth-order valence-electron chi connectivity index (χ4n) is 3.77. The average Bonchev–Trinajstić information content (AvgIpc) is 3.14. The highest BCUT2D eigenvalue weighted by atomic mass is 32.1. The third-order valence-corrected chi connectivity index (χ3v) is 5.47. The van der Waals surface area contributed by atoms with Gasteiger partial charge in [-0.05, 0) is 37.4 Å². The van der Waals surface area contributed by atoms with E-state index in [0.717, 1.165) is 19.6 Å². The van der Waals surface area contributed by atoms with E-state index in [0.29, 0.717) is 23.9 Å². The lowest BCUT2D eigenvalue weighted by atomic mass is 9.96. The van der Waals surface area contributed by atoms with Gasteiger partial charge in [0.25, 0.3) is 5.91 Å². The zero-order chi connectivity index (χ0) is 16.4. The SMILES string of the molecule is C[C@@H]1CN(C[C@H]2CN(C(=O)c3ccns3)C[C@H]2CO)C[C@H](C)O1. The molecule has 2 aliphatic heterocycles. The van der Waals surface area contributed by atoms with Crippen LogP contribution in [-0.4, -0.2) is 76.7 Å². The Bertz CT molecular complexity index is 515. The van der Waals surface area contributed by atoms with Gasteiger partial charge in [-0.3, -0.25) is 9.69 Å². The monoisotopic (exact) mass is 339 g/mol. The summed E-state index contributed by atoms with van der Waals surface area (Å²) < 4.78 is 9.79. The van der Waals surface area contributed by atoms with Gasteiger partial charge in [0.15, 0.2) is 0 Å². The topological polar surface area (TPSA) is 65.9 Å². The van der Waals surface area contributed by atoms with Crippen LogP contribution in [0, 0.1) is 11.8 Å². The summed E-state index contributed by atoms with van der Waals surface area (Å²) in [4.78, 5) is 17.4. The number of hydrogen-bond acceptors (Lipinski definition) is 6. The summed E-state index contributed by atoms with van der Waals surface area (Å²) in [6, 6.07) is 1.76. The van der Waals surface area contributed by atoms with Crippen LogP contribution < -0.4 is 0 Å². The molecule has 1 aromatic rings. The van der Waals surface area contributed by atoms with Gasteiger partial charge < -0.3 is 14.7 Å². The maximum atomic E-state index is 12.5. The zero-order valence-corrected chi connectivity index (χ0v) is 14.5. The molecule has 2 saturated heterocycles. The fraction of sp³-hybridized carbons (Fsp3) is 0.750. The molecule has 128 valence electrons. The largest absolute Gasteiger partial charge is 0.396 e. The Labute approximate surface area is 141 Å². The van der Waals surface area contributed by atoms with Gasteiger partial charge in [-0.25, -0.2) is 4.37 Å². The van der Waals surface area contributed by atoms with Crippen molar-refractivity contribution in [2.24, 2.45) is 11.8 Å². The maximum absolute atomic E-state index is 12.5. The number of likely N-dealkylation sites (tertiary alicyclic amines) is 1. The Kier molecular flexibility index (Phi) is 5.31. The molecule has 7 heteroatoms. The predicted molar refractivity (Wildman–Crippen MR) is 88.5 cm³/mol. The molecule has 0 bridgehead atoms. The number of aromatic nitrogens is 1. The van der Waals surface area contributed by atoms with Gasteiger partial charge >= 0.3 is 0 Å². The van der Waals surface area contributed by atoms with E-state index in [1.807, 2.05) is 4.90 Å². The van der Waals surface area contributed by atoms with Gasteiger partial charge in [-0.1, -0.05) is 0 Å². The first-order valence-corrected chi connectivity index (χ1v) is 9.02. The highest BCUT2D eigenvalue weighted by Gasteiger charge is 2.37. The minimum Gasteiger partial charge on any atom is -0.396 e. The number of aliphatic hydroxyl groups is 1. The fourth-order valence-corrected chi connectivity index (χ4v) is 4.33. The second-order valence-corrected chi connectivity index (χ2v) is 7.60. The number of nitrogens with zero attached hydrogens (tertiary/aromatic N) is 3. The molecule has 0 aliphatic carbocycles. The molecular weight excluding hydrogens is 314 g/mol. The van der Waals surface area contributed by atoms with Crippen molar-refractivity contribution in [2.45, 2.75) is 26.1 Å². The van der Waals surface area contributed by atoms with Crippen molar-refractivity contribution in [1.82, 2.24) is 14.2 Å². The van der Waals surface area contributed by atoms with Crippen LogP contribution in [0.5, 0.6) is 0 Å². The van der Waals surface area contributed by atoms with Crippen LogP contribution >= 0.6 is 11.5 Å². The van der Waals surface area contributed by atoms with Crippen LogP contribution in [0.15, 0.2) is 12.3 Å². The van der Waals surface area contributed by atoms with Gasteiger partial charge in [-0.15, -0.1) is 0 Å². The highest BCUT2D eigenvalue weighted by Crippen LogP contribution is 2.27. The Balaban J connectivity index is 1.62. The van der Waals surface area contributed by atoms with Crippen LogP contribution in [-0.2, 0) is 4.74 Å². The van der Waals surface area contributed by atoms with Gasteiger partial charge in [0.2, 0.25) is 0 Å². The summed E-state index contributed by atoms with van der Waals surface area (Å²) >= 11 is 1.23. The Hall–Kier alpha value is -1.02. The number of ether oxygens (including phenoxy) is 1. The van der Waals surface area contributed by atoms with E-state index in [4.69, 9.17) is 4.74 Å². The molecule has 0 radical (unpaired) electrons. The van der Waals surface area contributed by atoms with Crippen LogP contribution in [0.1, 0.15) is 23.5 Å². The number of rotatable bonds is 4. The molecular formula is C16H25N3O3S. The average molecular weight is 339 g/mol. The quantitative estimate of drug-likeness (QED) is 0.884. The number of carbonyl (C=O) groups is 1. The number of morpholine rings is 1. The van der Waals surface area contributed by atoms with Crippen molar-refractivity contribution in [2.75, 3.05) is 39.3 Å². The van der Waals surface area contributed by atoms with E-state index >= 15 is 0 Å². The molecule has 1 aromatic heterocycles. The molecule has 0 spiro atoms. The van der Waals surface area contributed by atoms with Crippen molar-refractivity contribution >= 4 is 17.4 Å². The molecule has 3 rings (SSSR count). The first-order chi connectivity index (χ1) is 11.1. The smallest absolute Gasteiger partial charge is 0.265 e. The maximum Gasteiger partial charge on any atom is 0.265 e. The van der Waals surface area contributed by atoms with Crippen molar-refractivity contribution in [3.63, 3.8) is 0 Å². The molecule has 4 atom stereocenters. The summed E-state index contributed by atoms with van der Waals surface area (Å²) in [5.41, 5.74) is 0. The minimum atomic E-state index is 0.0390. The summed E-state index contributed by atoms with van der Waals surface area (Å²) in [5.74, 6) is 0.506. The van der Waals surface area contributed by atoms with Crippen LogP contribution in [0.2, 0.25) is 0 Å². The number of carbonyl (C=O) groups excluding carboxylic acids is 1. The van der Waals surface area contributed by atoms with Crippen LogP contribution in [0.4, 0.5) is 0 Å². The van der Waals surface area contributed by atoms with E-state index in [1.54, 1.807) is 12.3 Å². The standard InChI is InChI=1S/C16H25N3O3S/c1-11-5-18(6-12(2)22-11)7-13-8-19(9-14(13)10-20)16(21)15-3-4-17-23-15/h3-4,11-14,20H,5-10H2,1-2H3/t11-,12+,13-,14-/m0/s1. The lowest BCUT2D eigenvalue weighted by Crippen LogP contribution is -2.48. The van der Waals surface area contributed by atoms with Crippen molar-refractivity contribution in [3.8, 4) is 0 Å². The van der Waals surface area contributed by atoms with Crippen molar-refractivity contribution in [3.05, 3.63) is 17.1 Å². The lowest BCUT2D eigenvalue weighted by molar-refractivity contribution is -0.0726. The Morgan fingerprint density at radius 3 is 2.61 bits per heavy atom. The molecule has 23 heavy (non-hydrogen) atoms. The minimum absolute atomic E-state index is 0.0390. The van der Waals surface area contributed by atoms with E-state index in [9.17, 15) is 9.90 Å². The zero-order valence-electron chi connectivity index (χ0n) is 13.7. The second kappa shape index (κ2) is 7.25. The molecule has 1 N–H and O–H groups in total. The molecule has 3 heterocycles. The van der Waals surface area contributed by atoms with Crippen molar-refractivity contribution < 1.29 is 14.6 Å². The lowest BCUT2D eigenvalue weighted by Gasteiger charge is -2.37. The molecule has 0 aromatic carbocycles. The number of amides is 1. The molecule has 0 unspecified atom stereocenters. The van der Waals surface area contributed by atoms with Gasteiger partial charge in [0.1, 0.15) is 4.88 Å². The molecule has 1 amide bonds. The third kappa shape index (κ3) is 3.91. The summed E-state index contributed by atoms with van der Waals surface area (Å²) in [5, 5.41) is 9.71. The molecule has 2 aliphatic rings. The number of hydrogen-bond donors (Lipinski definition) is 1. The van der Waals surface area contributed by atoms with Gasteiger partial charge in [-0.2, -0.15) is 0 Å². The number of aliphatic hydroxyl groups excluding tert-OH is 1. The van der Waals surface area contributed by atoms with Gasteiger partial charge in [0, 0.05) is 51.4 Å². The van der Waals surface area contributed by atoms with Crippen LogP contribution in [0.3, 0.4) is 0 Å². The van der Waals surface area contributed by atoms with E-state index < -0.39 is 0 Å². The van der Waals surface area contributed by atoms with Crippen molar-refractivity contribution in [1.29, 1.82) is 0 Å². The molecule has 6 nitrogen and oxygen atoms in total. The summed E-state index contributed by atoms with van der Waals surface area (Å²) in [6.07, 6.45) is 2.14. The Morgan fingerprint density at radius 1 is 1.30 bits per heavy atom. The molecule has 0 saturated carbocycles. The molecule has 2 fully saturated rings.